The van der Waals surface area contributed by atoms with E-state index in [9.17, 15) is 9.18 Å². The van der Waals surface area contributed by atoms with Gasteiger partial charge in [-0.1, -0.05) is 24.3 Å². The number of nitrogens with zero attached hydrogens (tertiary/aromatic N) is 2. The zero-order chi connectivity index (χ0) is 19.5. The summed E-state index contributed by atoms with van der Waals surface area (Å²) in [7, 11) is 0. The highest BCUT2D eigenvalue weighted by Gasteiger charge is 2.19. The normalized spacial score (nSPS) is 10.6. The van der Waals surface area contributed by atoms with Crippen molar-refractivity contribution in [3.63, 3.8) is 0 Å². The molecular formula is C22H20ClFN4O. The topological polar surface area (TPSA) is 75.0 Å². The molecule has 0 unspecified atom stereocenters. The maximum atomic E-state index is 13.2. The molecule has 4 rings (SSSR count). The molecule has 2 aromatic carbocycles. The number of carbonyl (C=O) groups is 1. The maximum absolute atomic E-state index is 13.2. The van der Waals surface area contributed by atoms with Crippen LogP contribution in [0.25, 0.3) is 22.0 Å². The number of rotatable bonds is 5. The summed E-state index contributed by atoms with van der Waals surface area (Å²) in [5, 5.41) is 0.927. The van der Waals surface area contributed by atoms with Gasteiger partial charge in [0.25, 0.3) is 5.91 Å². The first-order chi connectivity index (χ1) is 13.7. The third-order valence-electron chi connectivity index (χ3n) is 4.60. The molecule has 0 fully saturated rings. The predicted molar refractivity (Wildman–Crippen MR) is 116 cm³/mol. The number of anilines is 1. The van der Waals surface area contributed by atoms with Crippen LogP contribution in [-0.2, 0) is 0 Å². The fourth-order valence-electron chi connectivity index (χ4n) is 3.21. The van der Waals surface area contributed by atoms with Gasteiger partial charge in [0, 0.05) is 42.1 Å². The lowest BCUT2D eigenvalue weighted by Gasteiger charge is -2.21. The van der Waals surface area contributed by atoms with Crippen LogP contribution in [0.5, 0.6) is 0 Å². The van der Waals surface area contributed by atoms with E-state index < -0.39 is 0 Å². The Morgan fingerprint density at radius 2 is 1.69 bits per heavy atom. The number of nitrogens with two attached hydrogens (primary N) is 1. The van der Waals surface area contributed by atoms with Gasteiger partial charge in [-0.15, -0.1) is 12.4 Å². The number of hydrogen-bond acceptors (Lipinski definition) is 3. The summed E-state index contributed by atoms with van der Waals surface area (Å²) in [4.78, 5) is 21.9. The summed E-state index contributed by atoms with van der Waals surface area (Å²) in [5.74, 6) is -0.426. The minimum atomic E-state index is -0.270. The van der Waals surface area contributed by atoms with Gasteiger partial charge in [0.15, 0.2) is 0 Å². The second-order valence-corrected chi connectivity index (χ2v) is 6.44. The fraction of sp³-hybridized carbons (Fsp3) is 0.0909. The first-order valence-electron chi connectivity index (χ1n) is 8.96. The zero-order valence-corrected chi connectivity index (χ0v) is 16.3. The second kappa shape index (κ2) is 8.86. The van der Waals surface area contributed by atoms with Crippen molar-refractivity contribution in [2.24, 2.45) is 5.73 Å². The standard InChI is InChI=1S/C22H19FN4O.ClH/c23-18-5-3-15(4-6-18)16-1-2-17-14-21(26-20(17)13-16)22(28)27(12-9-24)19-7-10-25-11-8-19;/h1-8,10-11,13-14,26H,9,12,24H2;1H. The number of aromatic nitrogens is 2. The molecule has 0 saturated heterocycles. The molecule has 0 bridgehead atoms. The molecule has 0 aliphatic rings. The zero-order valence-electron chi connectivity index (χ0n) is 15.5. The highest BCUT2D eigenvalue weighted by atomic mass is 35.5. The molecule has 2 aromatic heterocycles. The Morgan fingerprint density at radius 3 is 2.38 bits per heavy atom. The van der Waals surface area contributed by atoms with Crippen LogP contribution < -0.4 is 10.6 Å². The van der Waals surface area contributed by atoms with Gasteiger partial charge >= 0.3 is 0 Å². The molecule has 0 aliphatic heterocycles. The lowest BCUT2D eigenvalue weighted by atomic mass is 10.0. The van der Waals surface area contributed by atoms with E-state index >= 15 is 0 Å². The van der Waals surface area contributed by atoms with E-state index in [0.29, 0.717) is 18.8 Å². The van der Waals surface area contributed by atoms with Crippen LogP contribution >= 0.6 is 12.4 Å². The summed E-state index contributed by atoms with van der Waals surface area (Å²) in [6.07, 6.45) is 3.29. The summed E-state index contributed by atoms with van der Waals surface area (Å²) in [6.45, 7) is 0.752. The SMILES string of the molecule is Cl.NCCN(C(=O)c1cc2ccc(-c3ccc(F)cc3)cc2[nH]1)c1ccncc1. The van der Waals surface area contributed by atoms with Crippen LogP contribution in [0.15, 0.2) is 73.1 Å². The van der Waals surface area contributed by atoms with Crippen LogP contribution in [0, 0.1) is 5.82 Å². The minimum Gasteiger partial charge on any atom is -0.350 e. The van der Waals surface area contributed by atoms with Crippen molar-refractivity contribution >= 4 is 34.9 Å². The quantitative estimate of drug-likeness (QED) is 0.512. The van der Waals surface area contributed by atoms with E-state index in [2.05, 4.69) is 9.97 Å². The number of hydrogen-bond donors (Lipinski definition) is 2. The lowest BCUT2D eigenvalue weighted by molar-refractivity contribution is 0.0983. The summed E-state index contributed by atoms with van der Waals surface area (Å²) in [6, 6.07) is 17.6. The third kappa shape index (κ3) is 4.29. The Morgan fingerprint density at radius 1 is 1.00 bits per heavy atom. The number of pyridine rings is 1. The van der Waals surface area contributed by atoms with E-state index in [1.165, 1.54) is 12.1 Å². The molecule has 0 atom stereocenters. The van der Waals surface area contributed by atoms with E-state index in [4.69, 9.17) is 5.73 Å². The van der Waals surface area contributed by atoms with Crippen LogP contribution in [0.4, 0.5) is 10.1 Å². The summed E-state index contributed by atoms with van der Waals surface area (Å²) in [5.41, 5.74) is 9.63. The Bertz CT molecular complexity index is 1110. The van der Waals surface area contributed by atoms with Crippen molar-refractivity contribution in [2.45, 2.75) is 0 Å². The van der Waals surface area contributed by atoms with Crippen molar-refractivity contribution in [1.29, 1.82) is 0 Å². The second-order valence-electron chi connectivity index (χ2n) is 6.44. The molecule has 148 valence electrons. The largest absolute Gasteiger partial charge is 0.350 e. The number of aromatic amines is 1. The monoisotopic (exact) mass is 410 g/mol. The van der Waals surface area contributed by atoms with Crippen LogP contribution in [-0.4, -0.2) is 29.0 Å². The number of amides is 1. The van der Waals surface area contributed by atoms with Gasteiger partial charge in [-0.25, -0.2) is 4.39 Å². The Balaban J connectivity index is 0.00000240. The molecule has 5 nitrogen and oxygen atoms in total. The minimum absolute atomic E-state index is 0. The lowest BCUT2D eigenvalue weighted by Crippen LogP contribution is -2.35. The van der Waals surface area contributed by atoms with Gasteiger partial charge in [0.1, 0.15) is 11.5 Å². The number of halogens is 2. The molecule has 1 amide bonds. The summed E-state index contributed by atoms with van der Waals surface area (Å²) >= 11 is 0. The Labute approximate surface area is 173 Å². The molecule has 29 heavy (non-hydrogen) atoms. The van der Waals surface area contributed by atoms with Gasteiger partial charge in [-0.3, -0.25) is 9.78 Å². The molecule has 0 radical (unpaired) electrons. The van der Waals surface area contributed by atoms with Gasteiger partial charge in [0.2, 0.25) is 0 Å². The third-order valence-corrected chi connectivity index (χ3v) is 4.60. The molecule has 3 N–H and O–H groups in total. The summed E-state index contributed by atoms with van der Waals surface area (Å²) < 4.78 is 13.2. The predicted octanol–water partition coefficient (Wildman–Crippen LogP) is 4.40. The fourth-order valence-corrected chi connectivity index (χ4v) is 3.21. The highest BCUT2D eigenvalue weighted by molar-refractivity contribution is 6.07. The molecule has 4 aromatic rings. The number of benzene rings is 2. The highest BCUT2D eigenvalue weighted by Crippen LogP contribution is 2.26. The van der Waals surface area contributed by atoms with E-state index in [1.807, 2.05) is 24.3 Å². The van der Waals surface area contributed by atoms with Gasteiger partial charge < -0.3 is 15.6 Å². The molecule has 0 spiro atoms. The average molecular weight is 411 g/mol. The smallest absolute Gasteiger partial charge is 0.274 e. The van der Waals surface area contributed by atoms with Crippen LogP contribution in [0.3, 0.4) is 0 Å². The van der Waals surface area contributed by atoms with Gasteiger partial charge in [-0.2, -0.15) is 0 Å². The van der Waals surface area contributed by atoms with Crippen molar-refractivity contribution < 1.29 is 9.18 Å². The first-order valence-corrected chi connectivity index (χ1v) is 8.96. The molecule has 0 saturated carbocycles. The molecular weight excluding hydrogens is 391 g/mol. The van der Waals surface area contributed by atoms with E-state index in [1.54, 1.807) is 41.6 Å². The van der Waals surface area contributed by atoms with Crippen LogP contribution in [0.2, 0.25) is 0 Å². The number of carbonyl (C=O) groups excluding carboxylic acids is 1. The van der Waals surface area contributed by atoms with E-state index in [0.717, 1.165) is 27.7 Å². The number of fused-ring (bicyclic) bond motifs is 1. The number of nitrogens with one attached hydrogen (secondary N) is 1. The average Bonchev–Trinajstić information content (AvgIpc) is 3.16. The van der Waals surface area contributed by atoms with Crippen molar-refractivity contribution in [3.8, 4) is 11.1 Å². The Hall–Kier alpha value is -3.22. The van der Waals surface area contributed by atoms with Crippen molar-refractivity contribution in [2.75, 3.05) is 18.0 Å². The first kappa shape index (κ1) is 20.5. The molecule has 0 aliphatic carbocycles. The van der Waals surface area contributed by atoms with Gasteiger partial charge in [-0.05, 0) is 47.5 Å². The van der Waals surface area contributed by atoms with Crippen LogP contribution in [0.1, 0.15) is 10.5 Å². The van der Waals surface area contributed by atoms with Crippen molar-refractivity contribution in [3.05, 3.63) is 84.6 Å². The molecule has 7 heteroatoms. The molecule has 2 heterocycles. The Kier molecular flexibility index (Phi) is 6.26. The maximum Gasteiger partial charge on any atom is 0.274 e. The van der Waals surface area contributed by atoms with E-state index in [-0.39, 0.29) is 24.1 Å². The van der Waals surface area contributed by atoms with Gasteiger partial charge in [0.05, 0.1) is 0 Å². The van der Waals surface area contributed by atoms with Crippen molar-refractivity contribution in [1.82, 2.24) is 9.97 Å². The number of H-pyrrole nitrogens is 1.